The molecule has 8 heteroatoms. The first-order valence-corrected chi connectivity index (χ1v) is 7.95. The maximum Gasteiger partial charge on any atom is 0.326 e. The number of nitro benzene ring substituents is 1. The molecule has 0 aliphatic heterocycles. The van der Waals surface area contributed by atoms with Gasteiger partial charge in [0.1, 0.15) is 6.04 Å². The van der Waals surface area contributed by atoms with Crippen LogP contribution in [0.1, 0.15) is 35.9 Å². The lowest BCUT2D eigenvalue weighted by molar-refractivity contribution is -0.384. The molecule has 0 saturated carbocycles. The lowest BCUT2D eigenvalue weighted by Gasteiger charge is -2.13. The summed E-state index contributed by atoms with van der Waals surface area (Å²) in [4.78, 5) is 34.0. The number of aliphatic carboxylic acids is 1. The summed E-state index contributed by atoms with van der Waals surface area (Å²) in [6.07, 6.45) is 1.91. The Morgan fingerprint density at radius 1 is 1.39 bits per heavy atom. The van der Waals surface area contributed by atoms with Gasteiger partial charge in [-0.15, -0.1) is 11.3 Å². The number of thiophene rings is 1. The van der Waals surface area contributed by atoms with Gasteiger partial charge in [0.2, 0.25) is 0 Å². The maximum absolute atomic E-state index is 12.2. The number of non-ortho nitro benzene ring substituents is 1. The van der Waals surface area contributed by atoms with Crippen molar-refractivity contribution in [3.05, 3.63) is 39.3 Å². The standard InChI is InChI=1S/C15H16N2O5S/c1-2-3-4-11(15(19)20)16-14(18)13-8-9-7-10(17(21)22)5-6-12(9)23-13/h5-8,11H,2-4H2,1H3,(H,16,18)(H,19,20)/t11-/m0/s1. The van der Waals surface area contributed by atoms with Crippen LogP contribution in [0.5, 0.6) is 0 Å². The molecule has 2 aromatic rings. The molecule has 0 aliphatic rings. The van der Waals surface area contributed by atoms with E-state index in [4.69, 9.17) is 5.11 Å². The number of nitrogens with zero attached hydrogens (tertiary/aromatic N) is 1. The van der Waals surface area contributed by atoms with Gasteiger partial charge in [-0.1, -0.05) is 19.8 Å². The van der Waals surface area contributed by atoms with Gasteiger partial charge in [-0.25, -0.2) is 4.79 Å². The molecule has 7 nitrogen and oxygen atoms in total. The molecule has 0 unspecified atom stereocenters. The van der Waals surface area contributed by atoms with Crippen LogP contribution < -0.4 is 5.32 Å². The summed E-state index contributed by atoms with van der Waals surface area (Å²) >= 11 is 1.18. The highest BCUT2D eigenvalue weighted by atomic mass is 32.1. The van der Waals surface area contributed by atoms with E-state index in [0.29, 0.717) is 23.1 Å². The summed E-state index contributed by atoms with van der Waals surface area (Å²) in [5, 5.41) is 23.0. The lowest BCUT2D eigenvalue weighted by atomic mass is 10.1. The van der Waals surface area contributed by atoms with E-state index in [-0.39, 0.29) is 5.69 Å². The molecule has 1 amide bonds. The Labute approximate surface area is 136 Å². The largest absolute Gasteiger partial charge is 0.480 e. The average molecular weight is 336 g/mol. The quantitative estimate of drug-likeness (QED) is 0.596. The molecule has 1 aromatic carbocycles. The number of rotatable bonds is 7. The zero-order valence-electron chi connectivity index (χ0n) is 12.4. The fraction of sp³-hybridized carbons (Fsp3) is 0.333. The predicted octanol–water partition coefficient (Wildman–Crippen LogP) is 3.18. The number of fused-ring (bicyclic) bond motifs is 1. The molecule has 2 rings (SSSR count). The van der Waals surface area contributed by atoms with E-state index in [2.05, 4.69) is 5.32 Å². The van der Waals surface area contributed by atoms with Crippen LogP contribution in [-0.4, -0.2) is 27.9 Å². The number of hydrogen-bond acceptors (Lipinski definition) is 5. The number of carbonyl (C=O) groups is 2. The van der Waals surface area contributed by atoms with Gasteiger partial charge in [0.15, 0.2) is 0 Å². The summed E-state index contributed by atoms with van der Waals surface area (Å²) < 4.78 is 0.737. The molecule has 2 N–H and O–H groups in total. The Hall–Kier alpha value is -2.48. The van der Waals surface area contributed by atoms with Gasteiger partial charge in [0, 0.05) is 22.2 Å². The van der Waals surface area contributed by atoms with Crippen molar-refractivity contribution in [3.63, 3.8) is 0 Å². The predicted molar refractivity (Wildman–Crippen MR) is 86.9 cm³/mol. The first kappa shape index (κ1) is 16.9. The minimum atomic E-state index is -1.07. The molecular formula is C15H16N2O5S. The van der Waals surface area contributed by atoms with Crippen molar-refractivity contribution in [3.8, 4) is 0 Å². The van der Waals surface area contributed by atoms with Crippen LogP contribution in [0.15, 0.2) is 24.3 Å². The van der Waals surface area contributed by atoms with Crippen molar-refractivity contribution in [2.75, 3.05) is 0 Å². The van der Waals surface area contributed by atoms with Crippen LogP contribution in [0.25, 0.3) is 10.1 Å². The SMILES string of the molecule is CCCC[C@H](NC(=O)c1cc2cc([N+](=O)[O-])ccc2s1)C(=O)O. The minimum Gasteiger partial charge on any atom is -0.480 e. The van der Waals surface area contributed by atoms with Crippen molar-refractivity contribution >= 4 is 39.0 Å². The molecule has 1 atom stereocenters. The molecule has 0 aliphatic carbocycles. The number of carboxylic acids is 1. The van der Waals surface area contributed by atoms with Crippen molar-refractivity contribution in [2.45, 2.75) is 32.2 Å². The van der Waals surface area contributed by atoms with Gasteiger partial charge in [0.05, 0.1) is 9.80 Å². The van der Waals surface area contributed by atoms with Crippen molar-refractivity contribution in [1.82, 2.24) is 5.32 Å². The molecule has 122 valence electrons. The van der Waals surface area contributed by atoms with Gasteiger partial charge in [-0.2, -0.15) is 0 Å². The second-order valence-corrected chi connectivity index (χ2v) is 6.18. The van der Waals surface area contributed by atoms with Gasteiger partial charge in [-0.05, 0) is 18.6 Å². The van der Waals surface area contributed by atoms with Crippen LogP contribution >= 0.6 is 11.3 Å². The third-order valence-corrected chi connectivity index (χ3v) is 4.50. The van der Waals surface area contributed by atoms with E-state index in [0.717, 1.165) is 11.1 Å². The highest BCUT2D eigenvalue weighted by molar-refractivity contribution is 7.20. The molecule has 0 saturated heterocycles. The fourth-order valence-electron chi connectivity index (χ4n) is 2.15. The Bertz CT molecular complexity index is 755. The minimum absolute atomic E-state index is 0.0476. The second kappa shape index (κ2) is 7.19. The van der Waals surface area contributed by atoms with E-state index in [1.807, 2.05) is 6.92 Å². The van der Waals surface area contributed by atoms with Crippen LogP contribution in [0.3, 0.4) is 0 Å². The highest BCUT2D eigenvalue weighted by Crippen LogP contribution is 2.29. The fourth-order valence-corrected chi connectivity index (χ4v) is 3.10. The molecule has 0 fully saturated rings. The summed E-state index contributed by atoms with van der Waals surface area (Å²) in [7, 11) is 0. The monoisotopic (exact) mass is 336 g/mol. The smallest absolute Gasteiger partial charge is 0.326 e. The molecular weight excluding hydrogens is 320 g/mol. The van der Waals surface area contributed by atoms with Crippen LogP contribution in [0, 0.1) is 10.1 Å². The lowest BCUT2D eigenvalue weighted by Crippen LogP contribution is -2.40. The summed E-state index contributed by atoms with van der Waals surface area (Å²) in [5.74, 6) is -1.54. The molecule has 0 spiro atoms. The van der Waals surface area contributed by atoms with Gasteiger partial charge in [-0.3, -0.25) is 14.9 Å². The number of amides is 1. The number of hydrogen-bond donors (Lipinski definition) is 2. The molecule has 23 heavy (non-hydrogen) atoms. The molecule has 1 heterocycles. The van der Waals surface area contributed by atoms with Gasteiger partial charge < -0.3 is 10.4 Å². The zero-order valence-corrected chi connectivity index (χ0v) is 13.3. The number of nitro groups is 1. The van der Waals surface area contributed by atoms with Crippen molar-refractivity contribution in [2.24, 2.45) is 0 Å². The molecule has 0 bridgehead atoms. The van der Waals surface area contributed by atoms with Crippen molar-refractivity contribution < 1.29 is 19.6 Å². The Morgan fingerprint density at radius 2 is 2.13 bits per heavy atom. The first-order chi connectivity index (χ1) is 10.9. The zero-order chi connectivity index (χ0) is 17.0. The average Bonchev–Trinajstić information content (AvgIpc) is 2.93. The summed E-state index contributed by atoms with van der Waals surface area (Å²) in [6.45, 7) is 1.94. The Kier molecular flexibility index (Phi) is 5.28. The Morgan fingerprint density at radius 3 is 2.74 bits per heavy atom. The second-order valence-electron chi connectivity index (χ2n) is 5.10. The van der Waals surface area contributed by atoms with Crippen LogP contribution in [0.4, 0.5) is 5.69 Å². The first-order valence-electron chi connectivity index (χ1n) is 7.14. The van der Waals surface area contributed by atoms with Crippen LogP contribution in [-0.2, 0) is 4.79 Å². The van der Waals surface area contributed by atoms with Crippen molar-refractivity contribution in [1.29, 1.82) is 0 Å². The third-order valence-electron chi connectivity index (χ3n) is 3.38. The van der Waals surface area contributed by atoms with E-state index in [1.54, 1.807) is 12.1 Å². The van der Waals surface area contributed by atoms with Crippen LogP contribution in [0.2, 0.25) is 0 Å². The van der Waals surface area contributed by atoms with E-state index < -0.39 is 22.8 Å². The molecule has 0 radical (unpaired) electrons. The number of carboxylic acid groups (broad SMARTS) is 1. The summed E-state index contributed by atoms with van der Waals surface area (Å²) in [6, 6.07) is 4.97. The number of carbonyl (C=O) groups excluding carboxylic acids is 1. The van der Waals surface area contributed by atoms with E-state index >= 15 is 0 Å². The van der Waals surface area contributed by atoms with E-state index in [9.17, 15) is 19.7 Å². The topological polar surface area (TPSA) is 110 Å². The Balaban J connectivity index is 2.20. The highest BCUT2D eigenvalue weighted by Gasteiger charge is 2.21. The maximum atomic E-state index is 12.2. The number of nitrogens with one attached hydrogen (secondary N) is 1. The number of benzene rings is 1. The van der Waals surface area contributed by atoms with Gasteiger partial charge >= 0.3 is 5.97 Å². The van der Waals surface area contributed by atoms with Gasteiger partial charge in [0.25, 0.3) is 11.6 Å². The normalized spacial score (nSPS) is 12.0. The number of unbranched alkanes of at least 4 members (excludes halogenated alkanes) is 1. The third kappa shape index (κ3) is 4.04. The van der Waals surface area contributed by atoms with E-state index in [1.165, 1.54) is 23.5 Å². The summed E-state index contributed by atoms with van der Waals surface area (Å²) in [5.41, 5.74) is -0.0476. The molecule has 1 aromatic heterocycles.